The normalized spacial score (nSPS) is 11.2. The van der Waals surface area contributed by atoms with Crippen molar-refractivity contribution in [2.24, 2.45) is 0 Å². The van der Waals surface area contributed by atoms with Crippen molar-refractivity contribution in [2.45, 2.75) is 88.9 Å². The van der Waals surface area contributed by atoms with Crippen LogP contribution in [-0.2, 0) is 27.2 Å². The molecule has 0 saturated heterocycles. The fourth-order valence-corrected chi connectivity index (χ4v) is 4.94. The summed E-state index contributed by atoms with van der Waals surface area (Å²) in [7, 11) is -2.52. The Balaban J connectivity index is 1.90. The van der Waals surface area contributed by atoms with Crippen LogP contribution in [0, 0.1) is 11.3 Å². The number of aryl methyl sites for hydroxylation is 1. The summed E-state index contributed by atoms with van der Waals surface area (Å²) in [4.78, 5) is 0.170. The van der Waals surface area contributed by atoms with E-state index in [0.29, 0.717) is 23.4 Å². The van der Waals surface area contributed by atoms with E-state index in [1.54, 1.807) is 30.3 Å². The highest BCUT2D eigenvalue weighted by atomic mass is 32.2. The van der Waals surface area contributed by atoms with Gasteiger partial charge in [0.2, 0.25) is 0 Å². The smallest absolute Gasteiger partial charge is 0.317 e. The van der Waals surface area contributed by atoms with Gasteiger partial charge in [-0.05, 0) is 36.1 Å². The van der Waals surface area contributed by atoms with Gasteiger partial charge < -0.3 is 4.74 Å². The number of methoxy groups -OCH3 is 1. The third-order valence-electron chi connectivity index (χ3n) is 5.89. The first-order valence-corrected chi connectivity index (χ1v) is 13.7. The quantitative estimate of drug-likeness (QED) is 0.192. The van der Waals surface area contributed by atoms with Crippen molar-refractivity contribution < 1.29 is 17.4 Å². The first-order valence-electron chi connectivity index (χ1n) is 12.3. The van der Waals surface area contributed by atoms with Crippen molar-refractivity contribution in [3.63, 3.8) is 0 Å². The predicted octanol–water partition coefficient (Wildman–Crippen LogP) is 6.96. The second-order valence-electron chi connectivity index (χ2n) is 8.54. The highest BCUT2D eigenvalue weighted by Gasteiger charge is 2.20. The largest absolute Gasteiger partial charge is 0.497 e. The number of hydrogen-bond acceptors (Lipinski definition) is 6. The molecule has 0 aliphatic rings. The number of nitrogens with one attached hydrogen (secondary N) is 1. The Bertz CT molecular complexity index is 1020. The number of anilines is 1. The van der Waals surface area contributed by atoms with E-state index in [0.717, 1.165) is 18.4 Å². The number of rotatable bonds is 17. The summed E-state index contributed by atoms with van der Waals surface area (Å²) in [5.41, 5.74) is 4.29. The van der Waals surface area contributed by atoms with E-state index in [2.05, 4.69) is 18.5 Å². The van der Waals surface area contributed by atoms with Gasteiger partial charge >= 0.3 is 10.1 Å². The zero-order valence-electron chi connectivity index (χ0n) is 20.5. The van der Waals surface area contributed by atoms with Crippen LogP contribution in [0.3, 0.4) is 0 Å². The molecule has 6 nitrogen and oxygen atoms in total. The molecular weight excluding hydrogens is 448 g/mol. The molecule has 0 heterocycles. The van der Waals surface area contributed by atoms with Crippen LogP contribution in [0.2, 0.25) is 0 Å². The number of nitrogens with zero attached hydrogens (tertiary/aromatic N) is 1. The molecule has 0 saturated carbocycles. The van der Waals surface area contributed by atoms with Gasteiger partial charge in [-0.25, -0.2) is 5.48 Å². The third-order valence-corrected chi connectivity index (χ3v) is 7.13. The molecule has 0 unspecified atom stereocenters. The van der Waals surface area contributed by atoms with Crippen molar-refractivity contribution in [3.8, 4) is 11.8 Å². The Morgan fingerprint density at radius 3 is 2.18 bits per heavy atom. The average molecular weight is 487 g/mol. The summed E-state index contributed by atoms with van der Waals surface area (Å²) in [5.74, 6) is 0.534. The second-order valence-corrected chi connectivity index (χ2v) is 10.1. The lowest BCUT2D eigenvalue weighted by molar-refractivity contribution is 0.387. The van der Waals surface area contributed by atoms with Crippen molar-refractivity contribution >= 4 is 15.8 Å². The van der Waals surface area contributed by atoms with Crippen LogP contribution in [0.4, 0.5) is 5.69 Å². The lowest BCUT2D eigenvalue weighted by atomic mass is 10.0. The molecule has 0 atom stereocenters. The molecule has 0 aromatic heterocycles. The van der Waals surface area contributed by atoms with E-state index in [1.807, 2.05) is 12.1 Å². The molecule has 34 heavy (non-hydrogen) atoms. The predicted molar refractivity (Wildman–Crippen MR) is 136 cm³/mol. The third kappa shape index (κ3) is 9.36. The van der Waals surface area contributed by atoms with Crippen LogP contribution >= 0.6 is 0 Å². The van der Waals surface area contributed by atoms with Crippen LogP contribution in [-0.4, -0.2) is 15.5 Å². The number of benzene rings is 2. The van der Waals surface area contributed by atoms with Gasteiger partial charge in [-0.2, -0.15) is 13.7 Å². The molecule has 2 aromatic rings. The zero-order chi connectivity index (χ0) is 24.7. The molecule has 0 aliphatic carbocycles. The topological polar surface area (TPSA) is 88.4 Å². The van der Waals surface area contributed by atoms with E-state index in [1.165, 1.54) is 58.5 Å². The Labute approximate surface area is 205 Å². The first-order chi connectivity index (χ1) is 16.5. The average Bonchev–Trinajstić information content (AvgIpc) is 2.85. The maximum Gasteiger partial charge on any atom is 0.317 e. The monoisotopic (exact) mass is 486 g/mol. The Hall–Kier alpha value is -2.56. The van der Waals surface area contributed by atoms with Crippen molar-refractivity contribution in [1.29, 1.82) is 5.26 Å². The standard InChI is InChI=1S/C27H38N2O4S/c1-3-4-5-6-7-8-9-10-11-12-15-24-16-13-14-17-27(24)34(30,31)33-29-26-22-25(32-2)19-18-23(26)20-21-28/h13-14,16-19,22,29H,3-12,15,20H2,1-2H3. The number of hydrogen-bond donors (Lipinski definition) is 1. The second kappa shape index (κ2) is 15.4. The number of unbranched alkanes of at least 4 members (excludes halogenated alkanes) is 9. The first kappa shape index (κ1) is 27.7. The summed E-state index contributed by atoms with van der Waals surface area (Å²) < 4.78 is 36.3. The highest BCUT2D eigenvalue weighted by Crippen LogP contribution is 2.26. The van der Waals surface area contributed by atoms with E-state index in [-0.39, 0.29) is 11.3 Å². The minimum absolute atomic E-state index is 0.116. The molecule has 0 amide bonds. The van der Waals surface area contributed by atoms with Gasteiger partial charge in [0.05, 0.1) is 30.2 Å². The molecule has 2 rings (SSSR count). The van der Waals surface area contributed by atoms with Gasteiger partial charge in [-0.3, -0.25) is 0 Å². The molecule has 0 aliphatic heterocycles. The SMILES string of the molecule is CCCCCCCCCCCCc1ccccc1S(=O)(=O)ONc1cc(OC)ccc1CC#N. The highest BCUT2D eigenvalue weighted by molar-refractivity contribution is 7.86. The molecule has 0 bridgehead atoms. The van der Waals surface area contributed by atoms with E-state index < -0.39 is 10.1 Å². The van der Waals surface area contributed by atoms with Crippen molar-refractivity contribution in [1.82, 2.24) is 0 Å². The summed E-state index contributed by atoms with van der Waals surface area (Å²) >= 11 is 0. The molecule has 186 valence electrons. The van der Waals surface area contributed by atoms with Gasteiger partial charge in [0.15, 0.2) is 0 Å². The van der Waals surface area contributed by atoms with Crippen molar-refractivity contribution in [2.75, 3.05) is 12.6 Å². The van der Waals surface area contributed by atoms with Crippen LogP contribution < -0.4 is 10.2 Å². The molecule has 2 aromatic carbocycles. The Morgan fingerprint density at radius 2 is 1.53 bits per heavy atom. The lowest BCUT2D eigenvalue weighted by Crippen LogP contribution is -2.14. The van der Waals surface area contributed by atoms with Gasteiger partial charge in [-0.15, -0.1) is 4.28 Å². The van der Waals surface area contributed by atoms with E-state index in [4.69, 9.17) is 14.3 Å². The molecule has 1 N–H and O–H groups in total. The number of ether oxygens (including phenoxy) is 1. The minimum Gasteiger partial charge on any atom is -0.497 e. The van der Waals surface area contributed by atoms with Gasteiger partial charge in [0.1, 0.15) is 5.75 Å². The van der Waals surface area contributed by atoms with Crippen molar-refractivity contribution in [3.05, 3.63) is 53.6 Å². The van der Waals surface area contributed by atoms with Crippen LogP contribution in [0.25, 0.3) is 0 Å². The van der Waals surface area contributed by atoms with Gasteiger partial charge in [0.25, 0.3) is 0 Å². The maximum absolute atomic E-state index is 13.0. The van der Waals surface area contributed by atoms with E-state index in [9.17, 15) is 8.42 Å². The lowest BCUT2D eigenvalue weighted by Gasteiger charge is -2.14. The molecular formula is C27H38N2O4S. The number of nitriles is 1. The summed E-state index contributed by atoms with van der Waals surface area (Å²) in [6.07, 6.45) is 13.1. The van der Waals surface area contributed by atoms with Gasteiger partial charge in [-0.1, -0.05) is 89.0 Å². The Kier molecular flexibility index (Phi) is 12.5. The van der Waals surface area contributed by atoms with Crippen LogP contribution in [0.15, 0.2) is 47.4 Å². The summed E-state index contributed by atoms with van der Waals surface area (Å²) in [6.45, 7) is 2.24. The zero-order valence-corrected chi connectivity index (χ0v) is 21.3. The fraction of sp³-hybridized carbons (Fsp3) is 0.519. The molecule has 0 spiro atoms. The molecule has 0 fully saturated rings. The van der Waals surface area contributed by atoms with E-state index >= 15 is 0 Å². The minimum atomic E-state index is -4.04. The van der Waals surface area contributed by atoms with Gasteiger partial charge in [0, 0.05) is 6.07 Å². The van der Waals surface area contributed by atoms with Crippen LogP contribution in [0.5, 0.6) is 5.75 Å². The molecule has 0 radical (unpaired) electrons. The Morgan fingerprint density at radius 1 is 0.882 bits per heavy atom. The fourth-order valence-electron chi connectivity index (χ4n) is 3.92. The maximum atomic E-state index is 13.0. The summed E-state index contributed by atoms with van der Waals surface area (Å²) in [6, 6.07) is 14.1. The molecule has 7 heteroatoms. The van der Waals surface area contributed by atoms with Crippen LogP contribution in [0.1, 0.15) is 82.3 Å². The summed E-state index contributed by atoms with van der Waals surface area (Å²) in [5, 5.41) is 9.04.